The summed E-state index contributed by atoms with van der Waals surface area (Å²) in [5.74, 6) is -0.410. The molecule has 1 saturated heterocycles. The zero-order chi connectivity index (χ0) is 13.9. The zero-order valence-corrected chi connectivity index (χ0v) is 10.8. The smallest absolute Gasteiger partial charge is 0.329 e. The van der Waals surface area contributed by atoms with E-state index in [1.807, 2.05) is 0 Å². The maximum atomic E-state index is 12.1. The molecule has 0 spiro atoms. The molecule has 0 aromatic carbocycles. The molecular formula is C12H17N3O4. The Bertz CT molecular complexity index is 460. The van der Waals surface area contributed by atoms with Crippen molar-refractivity contribution in [3.63, 3.8) is 0 Å². The summed E-state index contributed by atoms with van der Waals surface area (Å²) in [7, 11) is 0. The molecule has 1 unspecified atom stereocenters. The number of hydrogen-bond acceptors (Lipinski definition) is 4. The van der Waals surface area contributed by atoms with Crippen molar-refractivity contribution in [3.8, 4) is 0 Å². The van der Waals surface area contributed by atoms with Crippen molar-refractivity contribution in [2.45, 2.75) is 38.3 Å². The van der Waals surface area contributed by atoms with Crippen LogP contribution in [0.25, 0.3) is 0 Å². The Balaban J connectivity index is 2.03. The number of urea groups is 1. The molecule has 1 aliphatic rings. The normalized spacial score (nSPS) is 22.5. The molecule has 0 saturated carbocycles. The zero-order valence-electron chi connectivity index (χ0n) is 10.8. The molecule has 7 heteroatoms. The quantitative estimate of drug-likeness (QED) is 0.855. The first-order chi connectivity index (χ1) is 9.10. The molecule has 0 radical (unpaired) electrons. The Kier molecular flexibility index (Phi) is 3.73. The molecule has 19 heavy (non-hydrogen) atoms. The highest BCUT2D eigenvalue weighted by atomic mass is 16.5. The van der Waals surface area contributed by atoms with Gasteiger partial charge in [0.1, 0.15) is 5.54 Å². The molecule has 7 nitrogen and oxygen atoms in total. The number of rotatable bonds is 4. The lowest BCUT2D eigenvalue weighted by atomic mass is 9.93. The van der Waals surface area contributed by atoms with Gasteiger partial charge in [0.2, 0.25) is 0 Å². The Labute approximate surface area is 110 Å². The van der Waals surface area contributed by atoms with Crippen LogP contribution in [0.15, 0.2) is 16.8 Å². The van der Waals surface area contributed by atoms with Gasteiger partial charge in [-0.25, -0.2) is 9.59 Å². The monoisotopic (exact) mass is 267 g/mol. The Morgan fingerprint density at radius 3 is 3.00 bits per heavy atom. The van der Waals surface area contributed by atoms with Gasteiger partial charge < -0.3 is 19.8 Å². The number of amides is 2. The third-order valence-electron chi connectivity index (χ3n) is 3.62. The summed E-state index contributed by atoms with van der Waals surface area (Å²) in [5, 5.41) is 15.6. The van der Waals surface area contributed by atoms with Gasteiger partial charge in [-0.3, -0.25) is 0 Å². The summed E-state index contributed by atoms with van der Waals surface area (Å²) in [6.07, 6.45) is 3.09. The standard InChI is InChI=1S/C12H17N3O4/c1-2-12(10(16)17)5-3-7-15(12)11(18)13-8-9-4-6-14-19-9/h4,6H,2-3,5,7-8H2,1H3,(H,13,18)(H,16,17). The highest BCUT2D eigenvalue weighted by Crippen LogP contribution is 2.32. The average Bonchev–Trinajstić information content (AvgIpc) is 3.05. The van der Waals surface area contributed by atoms with Crippen molar-refractivity contribution in [3.05, 3.63) is 18.0 Å². The van der Waals surface area contributed by atoms with E-state index in [2.05, 4.69) is 10.5 Å². The van der Waals surface area contributed by atoms with Crippen LogP contribution in [0.5, 0.6) is 0 Å². The van der Waals surface area contributed by atoms with Crippen molar-refractivity contribution >= 4 is 12.0 Å². The van der Waals surface area contributed by atoms with Crippen LogP contribution in [0.4, 0.5) is 4.79 Å². The number of nitrogens with one attached hydrogen (secondary N) is 1. The number of nitrogens with zero attached hydrogens (tertiary/aromatic N) is 2. The largest absolute Gasteiger partial charge is 0.479 e. The molecular weight excluding hydrogens is 250 g/mol. The average molecular weight is 267 g/mol. The first-order valence-electron chi connectivity index (χ1n) is 6.28. The van der Waals surface area contributed by atoms with E-state index in [9.17, 15) is 14.7 Å². The molecule has 104 valence electrons. The highest BCUT2D eigenvalue weighted by molar-refractivity contribution is 5.87. The molecule has 0 bridgehead atoms. The minimum Gasteiger partial charge on any atom is -0.479 e. The van der Waals surface area contributed by atoms with Crippen LogP contribution in [-0.4, -0.2) is 39.2 Å². The predicted molar refractivity (Wildman–Crippen MR) is 65.3 cm³/mol. The van der Waals surface area contributed by atoms with Crippen LogP contribution >= 0.6 is 0 Å². The predicted octanol–water partition coefficient (Wildman–Crippen LogP) is 1.21. The first kappa shape index (κ1) is 13.4. The molecule has 2 heterocycles. The summed E-state index contributed by atoms with van der Waals surface area (Å²) in [4.78, 5) is 25.0. The van der Waals surface area contributed by atoms with Crippen molar-refractivity contribution in [1.82, 2.24) is 15.4 Å². The van der Waals surface area contributed by atoms with Crippen molar-refractivity contribution < 1.29 is 19.2 Å². The van der Waals surface area contributed by atoms with Crippen molar-refractivity contribution in [2.75, 3.05) is 6.54 Å². The second-order valence-electron chi connectivity index (χ2n) is 4.58. The van der Waals surface area contributed by atoms with Gasteiger partial charge in [-0.05, 0) is 19.3 Å². The fourth-order valence-corrected chi connectivity index (χ4v) is 2.51. The number of carbonyl (C=O) groups is 2. The second kappa shape index (κ2) is 5.29. The van der Waals surface area contributed by atoms with E-state index in [1.165, 1.54) is 11.1 Å². The molecule has 1 aliphatic heterocycles. The van der Waals surface area contributed by atoms with Gasteiger partial charge in [0.25, 0.3) is 0 Å². The maximum absolute atomic E-state index is 12.1. The van der Waals surface area contributed by atoms with E-state index in [-0.39, 0.29) is 12.6 Å². The molecule has 1 atom stereocenters. The molecule has 1 fully saturated rings. The van der Waals surface area contributed by atoms with Gasteiger partial charge in [0, 0.05) is 12.6 Å². The Morgan fingerprint density at radius 1 is 1.63 bits per heavy atom. The topological polar surface area (TPSA) is 95.7 Å². The fourth-order valence-electron chi connectivity index (χ4n) is 2.51. The summed E-state index contributed by atoms with van der Waals surface area (Å²) >= 11 is 0. The van der Waals surface area contributed by atoms with Gasteiger partial charge in [-0.1, -0.05) is 12.1 Å². The van der Waals surface area contributed by atoms with E-state index >= 15 is 0 Å². The van der Waals surface area contributed by atoms with Crippen LogP contribution in [0, 0.1) is 0 Å². The van der Waals surface area contributed by atoms with Gasteiger partial charge in [-0.15, -0.1) is 0 Å². The number of carbonyl (C=O) groups excluding carboxylic acids is 1. The van der Waals surface area contributed by atoms with Crippen molar-refractivity contribution in [2.24, 2.45) is 0 Å². The first-order valence-corrected chi connectivity index (χ1v) is 6.28. The maximum Gasteiger partial charge on any atom is 0.329 e. The Morgan fingerprint density at radius 2 is 2.42 bits per heavy atom. The van der Waals surface area contributed by atoms with Crippen LogP contribution in [-0.2, 0) is 11.3 Å². The number of hydrogen-bond donors (Lipinski definition) is 2. The van der Waals surface area contributed by atoms with Crippen LogP contribution in [0.2, 0.25) is 0 Å². The van der Waals surface area contributed by atoms with Crippen LogP contribution in [0.1, 0.15) is 31.9 Å². The third kappa shape index (κ3) is 2.40. The number of carboxylic acid groups (broad SMARTS) is 1. The second-order valence-corrected chi connectivity index (χ2v) is 4.58. The van der Waals surface area contributed by atoms with Crippen molar-refractivity contribution in [1.29, 1.82) is 0 Å². The van der Waals surface area contributed by atoms with E-state index in [1.54, 1.807) is 13.0 Å². The van der Waals surface area contributed by atoms with Gasteiger partial charge in [-0.2, -0.15) is 0 Å². The molecule has 2 amide bonds. The lowest BCUT2D eigenvalue weighted by molar-refractivity contribution is -0.148. The highest BCUT2D eigenvalue weighted by Gasteiger charge is 2.48. The van der Waals surface area contributed by atoms with Gasteiger partial charge >= 0.3 is 12.0 Å². The number of likely N-dealkylation sites (tertiary alicyclic amines) is 1. The fraction of sp³-hybridized carbons (Fsp3) is 0.583. The lowest BCUT2D eigenvalue weighted by Gasteiger charge is -2.33. The van der Waals surface area contributed by atoms with Gasteiger partial charge in [0.05, 0.1) is 12.7 Å². The summed E-state index contributed by atoms with van der Waals surface area (Å²) in [6, 6.07) is 1.27. The Hall–Kier alpha value is -2.05. The van der Waals surface area contributed by atoms with Gasteiger partial charge in [0.15, 0.2) is 5.76 Å². The number of aromatic nitrogens is 1. The third-order valence-corrected chi connectivity index (χ3v) is 3.62. The minimum absolute atomic E-state index is 0.203. The lowest BCUT2D eigenvalue weighted by Crippen LogP contribution is -2.55. The SMILES string of the molecule is CCC1(C(=O)O)CCCN1C(=O)NCc1ccno1. The summed E-state index contributed by atoms with van der Waals surface area (Å²) in [6.45, 7) is 2.45. The number of aliphatic carboxylic acids is 1. The van der Waals surface area contributed by atoms with E-state index < -0.39 is 11.5 Å². The van der Waals surface area contributed by atoms with Crippen LogP contribution < -0.4 is 5.32 Å². The molecule has 0 aliphatic carbocycles. The number of carboxylic acids is 1. The summed E-state index contributed by atoms with van der Waals surface area (Å²) in [5.41, 5.74) is -1.08. The summed E-state index contributed by atoms with van der Waals surface area (Å²) < 4.78 is 4.87. The van der Waals surface area contributed by atoms with E-state index in [0.29, 0.717) is 31.6 Å². The van der Waals surface area contributed by atoms with Crippen LogP contribution in [0.3, 0.4) is 0 Å². The van der Waals surface area contributed by atoms with E-state index in [0.717, 1.165) is 0 Å². The minimum atomic E-state index is -1.08. The molecule has 2 rings (SSSR count). The molecule has 2 N–H and O–H groups in total. The molecule has 1 aromatic rings. The van der Waals surface area contributed by atoms with E-state index in [4.69, 9.17) is 4.52 Å². The molecule has 1 aromatic heterocycles.